The number of aromatic nitrogens is 1. The van der Waals surface area contributed by atoms with E-state index in [9.17, 15) is 0 Å². The second-order valence-corrected chi connectivity index (χ2v) is 2.78. The first kappa shape index (κ1) is 6.54. The van der Waals surface area contributed by atoms with Crippen molar-refractivity contribution in [3.05, 3.63) is 30.2 Å². The first-order valence-electron chi connectivity index (χ1n) is 3.15. The Labute approximate surface area is 68.4 Å². The lowest BCUT2D eigenvalue weighted by Gasteiger charge is -1.95. The number of rotatable bonds is 0. The van der Waals surface area contributed by atoms with E-state index in [1.165, 1.54) is 11.9 Å². The molecule has 11 heavy (non-hydrogen) atoms. The molecule has 1 aromatic rings. The Morgan fingerprint density at radius 2 is 2.36 bits per heavy atom. The Morgan fingerprint density at radius 1 is 1.36 bits per heavy atom. The maximum absolute atomic E-state index is 4.15. The fraction of sp³-hybridized carbons (Fsp3) is 0. The summed E-state index contributed by atoms with van der Waals surface area (Å²) in [5.41, 5.74) is 0.933. The lowest BCUT2D eigenvalue weighted by atomic mass is 10.3. The number of hydrogen-bond acceptors (Lipinski definition) is 4. The second-order valence-electron chi connectivity index (χ2n) is 1.99. The van der Waals surface area contributed by atoms with E-state index in [2.05, 4.69) is 14.6 Å². The van der Waals surface area contributed by atoms with Gasteiger partial charge in [-0.15, -0.1) is 4.52 Å². The van der Waals surface area contributed by atoms with Crippen molar-refractivity contribution in [3.8, 4) is 0 Å². The standard InChI is InChI=1S/C7H5N3S/c1-2-7-6(8-4-1)3-5-9-10-11-7/h1-5H. The Bertz CT molecular complexity index is 319. The van der Waals surface area contributed by atoms with Crippen molar-refractivity contribution in [2.45, 2.75) is 4.90 Å². The van der Waals surface area contributed by atoms with E-state index in [1.807, 2.05) is 18.2 Å². The highest BCUT2D eigenvalue weighted by Gasteiger charge is 2.01. The topological polar surface area (TPSA) is 37.6 Å². The lowest BCUT2D eigenvalue weighted by molar-refractivity contribution is 1.21. The van der Waals surface area contributed by atoms with Gasteiger partial charge in [-0.1, -0.05) is 0 Å². The van der Waals surface area contributed by atoms with Crippen molar-refractivity contribution in [1.82, 2.24) is 4.98 Å². The second kappa shape index (κ2) is 2.84. The van der Waals surface area contributed by atoms with E-state index in [1.54, 1.807) is 12.4 Å². The molecule has 0 unspecified atom stereocenters. The molecule has 0 saturated heterocycles. The zero-order chi connectivity index (χ0) is 7.52. The van der Waals surface area contributed by atoms with Crippen LogP contribution < -0.4 is 0 Å². The Morgan fingerprint density at radius 3 is 3.36 bits per heavy atom. The molecule has 0 saturated carbocycles. The predicted molar refractivity (Wildman–Crippen MR) is 44.0 cm³/mol. The van der Waals surface area contributed by atoms with Gasteiger partial charge in [-0.05, 0) is 18.2 Å². The maximum atomic E-state index is 4.15. The molecular formula is C7H5N3S. The van der Waals surface area contributed by atoms with Gasteiger partial charge < -0.3 is 0 Å². The Kier molecular flexibility index (Phi) is 1.69. The molecule has 4 heteroatoms. The van der Waals surface area contributed by atoms with Gasteiger partial charge in [0.05, 0.1) is 16.8 Å². The fourth-order valence-corrected chi connectivity index (χ4v) is 1.35. The van der Waals surface area contributed by atoms with Crippen molar-refractivity contribution < 1.29 is 0 Å². The zero-order valence-corrected chi connectivity index (χ0v) is 6.45. The van der Waals surface area contributed by atoms with Crippen molar-refractivity contribution in [1.29, 1.82) is 0 Å². The highest BCUT2D eigenvalue weighted by atomic mass is 32.2. The number of fused-ring (bicyclic) bond motifs is 1. The van der Waals surface area contributed by atoms with Gasteiger partial charge in [0.25, 0.3) is 0 Å². The van der Waals surface area contributed by atoms with Gasteiger partial charge in [0.15, 0.2) is 0 Å². The summed E-state index contributed by atoms with van der Waals surface area (Å²) in [4.78, 5) is 5.20. The Hall–Kier alpha value is -1.16. The third-order valence-corrected chi connectivity index (χ3v) is 2.00. The molecule has 0 fully saturated rings. The van der Waals surface area contributed by atoms with Crippen LogP contribution in [0.2, 0.25) is 0 Å². The van der Waals surface area contributed by atoms with Gasteiger partial charge in [-0.3, -0.25) is 4.98 Å². The van der Waals surface area contributed by atoms with Gasteiger partial charge in [0, 0.05) is 18.1 Å². The van der Waals surface area contributed by atoms with Gasteiger partial charge in [-0.25, -0.2) is 0 Å². The first-order valence-corrected chi connectivity index (χ1v) is 3.93. The highest BCUT2D eigenvalue weighted by Crippen LogP contribution is 2.25. The van der Waals surface area contributed by atoms with Crippen LogP contribution in [0.15, 0.2) is 39.1 Å². The summed E-state index contributed by atoms with van der Waals surface area (Å²) in [7, 11) is 0. The molecule has 0 atom stereocenters. The predicted octanol–water partition coefficient (Wildman–Crippen LogP) is 2.53. The van der Waals surface area contributed by atoms with Crippen LogP contribution in [0.5, 0.6) is 0 Å². The molecule has 0 N–H and O–H groups in total. The van der Waals surface area contributed by atoms with E-state index < -0.39 is 0 Å². The van der Waals surface area contributed by atoms with Crippen LogP contribution in [0.3, 0.4) is 0 Å². The highest BCUT2D eigenvalue weighted by molar-refractivity contribution is 7.98. The van der Waals surface area contributed by atoms with Gasteiger partial charge in [0.1, 0.15) is 0 Å². The molecule has 0 radical (unpaired) electrons. The average molecular weight is 163 g/mol. The SMILES string of the molecule is C1=Cc2ncccc2SN=N1. The summed E-state index contributed by atoms with van der Waals surface area (Å²) in [6.07, 6.45) is 5.25. The van der Waals surface area contributed by atoms with Crippen LogP contribution in [-0.4, -0.2) is 4.98 Å². The minimum atomic E-state index is 0.933. The molecule has 0 spiro atoms. The summed E-state index contributed by atoms with van der Waals surface area (Å²) < 4.78 is 3.83. The number of hydrogen-bond donors (Lipinski definition) is 0. The van der Waals surface area contributed by atoms with Gasteiger partial charge in [0.2, 0.25) is 0 Å². The third kappa shape index (κ3) is 1.30. The molecule has 2 heterocycles. The van der Waals surface area contributed by atoms with Crippen LogP contribution in [-0.2, 0) is 0 Å². The summed E-state index contributed by atoms with van der Waals surface area (Å²) in [6, 6.07) is 3.86. The van der Waals surface area contributed by atoms with Crippen LogP contribution in [0.1, 0.15) is 5.69 Å². The van der Waals surface area contributed by atoms with Crippen LogP contribution in [0, 0.1) is 0 Å². The van der Waals surface area contributed by atoms with Crippen molar-refractivity contribution in [2.75, 3.05) is 0 Å². The number of pyridine rings is 1. The minimum Gasteiger partial charge on any atom is -0.256 e. The van der Waals surface area contributed by atoms with Gasteiger partial charge >= 0.3 is 0 Å². The minimum absolute atomic E-state index is 0.933. The number of nitrogens with zero attached hydrogens (tertiary/aromatic N) is 3. The van der Waals surface area contributed by atoms with Crippen molar-refractivity contribution >= 4 is 18.0 Å². The lowest BCUT2D eigenvalue weighted by Crippen LogP contribution is -1.80. The molecule has 1 aliphatic heterocycles. The quantitative estimate of drug-likeness (QED) is 0.551. The molecule has 0 bridgehead atoms. The zero-order valence-electron chi connectivity index (χ0n) is 5.64. The third-order valence-electron chi connectivity index (χ3n) is 1.29. The largest absolute Gasteiger partial charge is 0.256 e. The molecule has 0 aliphatic carbocycles. The van der Waals surface area contributed by atoms with Crippen LogP contribution in [0.25, 0.3) is 6.08 Å². The van der Waals surface area contributed by atoms with E-state index in [-0.39, 0.29) is 0 Å². The summed E-state index contributed by atoms with van der Waals surface area (Å²) >= 11 is 1.34. The van der Waals surface area contributed by atoms with Crippen molar-refractivity contribution in [2.24, 2.45) is 9.63 Å². The van der Waals surface area contributed by atoms with Crippen LogP contribution in [0.4, 0.5) is 0 Å². The molecule has 54 valence electrons. The molecule has 1 aliphatic rings. The molecule has 0 aromatic carbocycles. The monoisotopic (exact) mass is 163 g/mol. The fourth-order valence-electron chi connectivity index (χ4n) is 0.804. The Balaban J connectivity index is 2.52. The van der Waals surface area contributed by atoms with Gasteiger partial charge in [-0.2, -0.15) is 5.11 Å². The van der Waals surface area contributed by atoms with E-state index >= 15 is 0 Å². The summed E-state index contributed by atoms with van der Waals surface area (Å²) in [5, 5.41) is 3.75. The van der Waals surface area contributed by atoms with E-state index in [4.69, 9.17) is 0 Å². The van der Waals surface area contributed by atoms with Crippen LogP contribution >= 0.6 is 11.9 Å². The first-order chi connectivity index (χ1) is 5.47. The maximum Gasteiger partial charge on any atom is 0.0800 e. The normalized spacial score (nSPS) is 14.2. The molecule has 1 aromatic heterocycles. The molecule has 2 rings (SSSR count). The smallest absolute Gasteiger partial charge is 0.0800 e. The van der Waals surface area contributed by atoms with E-state index in [0.29, 0.717) is 0 Å². The van der Waals surface area contributed by atoms with E-state index in [0.717, 1.165) is 10.6 Å². The average Bonchev–Trinajstić information content (AvgIpc) is 2.28. The molecule has 3 nitrogen and oxygen atoms in total. The molecular weight excluding hydrogens is 158 g/mol. The summed E-state index contributed by atoms with van der Waals surface area (Å²) in [6.45, 7) is 0. The summed E-state index contributed by atoms with van der Waals surface area (Å²) in [5.74, 6) is 0. The molecule has 0 amide bonds. The van der Waals surface area contributed by atoms with Crippen molar-refractivity contribution in [3.63, 3.8) is 0 Å².